The summed E-state index contributed by atoms with van der Waals surface area (Å²) in [7, 11) is 3.37. The van der Waals surface area contributed by atoms with Crippen molar-refractivity contribution in [1.29, 1.82) is 0 Å². The molecule has 1 fully saturated rings. The summed E-state index contributed by atoms with van der Waals surface area (Å²) in [5.41, 5.74) is 1.09. The fourth-order valence-electron chi connectivity index (χ4n) is 2.76. The van der Waals surface area contributed by atoms with E-state index in [9.17, 15) is 0 Å². The topological polar surface area (TPSA) is 30.5 Å². The van der Waals surface area contributed by atoms with Crippen molar-refractivity contribution in [1.82, 2.24) is 0 Å². The smallest absolute Gasteiger partial charge is 0.124 e. The van der Waals surface area contributed by atoms with Crippen LogP contribution in [-0.4, -0.2) is 20.3 Å². The van der Waals surface area contributed by atoms with E-state index in [4.69, 9.17) is 9.47 Å². The monoisotopic (exact) mass is 263 g/mol. The highest BCUT2D eigenvalue weighted by Gasteiger charge is 2.16. The summed E-state index contributed by atoms with van der Waals surface area (Å²) >= 11 is 0. The van der Waals surface area contributed by atoms with Gasteiger partial charge in [0.05, 0.1) is 14.2 Å². The molecule has 1 aliphatic carbocycles. The maximum Gasteiger partial charge on any atom is 0.124 e. The molecule has 19 heavy (non-hydrogen) atoms. The molecule has 3 nitrogen and oxygen atoms in total. The van der Waals surface area contributed by atoms with E-state index in [1.54, 1.807) is 14.2 Å². The van der Waals surface area contributed by atoms with Gasteiger partial charge in [0.15, 0.2) is 0 Å². The number of hydrogen-bond acceptors (Lipinski definition) is 3. The molecular weight excluding hydrogens is 238 g/mol. The molecule has 0 amide bonds. The Labute approximate surface area is 116 Å². The van der Waals surface area contributed by atoms with Gasteiger partial charge in [0, 0.05) is 29.9 Å². The van der Waals surface area contributed by atoms with E-state index in [1.165, 1.54) is 32.1 Å². The molecule has 0 spiro atoms. The third-order valence-electron chi connectivity index (χ3n) is 3.98. The van der Waals surface area contributed by atoms with E-state index in [-0.39, 0.29) is 0 Å². The van der Waals surface area contributed by atoms with E-state index in [1.807, 2.05) is 18.2 Å². The summed E-state index contributed by atoms with van der Waals surface area (Å²) < 4.78 is 10.6. The fraction of sp³-hybridized carbons (Fsp3) is 0.625. The second kappa shape index (κ2) is 6.69. The number of nitrogens with one attached hydrogen (secondary N) is 1. The van der Waals surface area contributed by atoms with E-state index in [2.05, 4.69) is 12.2 Å². The van der Waals surface area contributed by atoms with Crippen molar-refractivity contribution in [2.45, 2.75) is 45.1 Å². The van der Waals surface area contributed by atoms with Crippen molar-refractivity contribution in [2.75, 3.05) is 19.5 Å². The molecule has 1 aromatic rings. The van der Waals surface area contributed by atoms with Crippen LogP contribution in [0.15, 0.2) is 18.2 Å². The third-order valence-corrected chi connectivity index (χ3v) is 3.98. The van der Waals surface area contributed by atoms with Crippen LogP contribution in [0.25, 0.3) is 0 Å². The van der Waals surface area contributed by atoms with Crippen molar-refractivity contribution in [3.05, 3.63) is 18.2 Å². The van der Waals surface area contributed by atoms with Crippen LogP contribution < -0.4 is 14.8 Å². The molecular formula is C16H25NO2. The van der Waals surface area contributed by atoms with Gasteiger partial charge < -0.3 is 14.8 Å². The van der Waals surface area contributed by atoms with E-state index in [0.717, 1.165) is 23.1 Å². The Morgan fingerprint density at radius 1 is 0.947 bits per heavy atom. The zero-order valence-corrected chi connectivity index (χ0v) is 12.2. The molecule has 106 valence electrons. The number of benzene rings is 1. The molecule has 0 aromatic heterocycles. The lowest BCUT2D eigenvalue weighted by Gasteiger charge is -2.19. The molecule has 0 saturated heterocycles. The van der Waals surface area contributed by atoms with Crippen molar-refractivity contribution in [3.63, 3.8) is 0 Å². The SMILES string of the molecule is COc1cc(NC2CCCC(C)CC2)cc(OC)c1. The van der Waals surface area contributed by atoms with Gasteiger partial charge in [0.1, 0.15) is 11.5 Å². The van der Waals surface area contributed by atoms with Crippen LogP contribution in [0.1, 0.15) is 39.0 Å². The molecule has 2 atom stereocenters. The molecule has 2 unspecified atom stereocenters. The molecule has 1 saturated carbocycles. The largest absolute Gasteiger partial charge is 0.497 e. The van der Waals surface area contributed by atoms with Gasteiger partial charge in [0.25, 0.3) is 0 Å². The number of methoxy groups -OCH3 is 2. The van der Waals surface area contributed by atoms with Gasteiger partial charge in [-0.3, -0.25) is 0 Å². The number of ether oxygens (including phenoxy) is 2. The fourth-order valence-corrected chi connectivity index (χ4v) is 2.76. The Kier molecular flexibility index (Phi) is 4.94. The predicted molar refractivity (Wildman–Crippen MR) is 79.2 cm³/mol. The second-order valence-electron chi connectivity index (χ2n) is 5.56. The minimum absolute atomic E-state index is 0.571. The first-order valence-corrected chi connectivity index (χ1v) is 7.21. The van der Waals surface area contributed by atoms with Crippen LogP contribution in [0.2, 0.25) is 0 Å². The van der Waals surface area contributed by atoms with Crippen molar-refractivity contribution in [2.24, 2.45) is 5.92 Å². The first-order chi connectivity index (χ1) is 9.21. The summed E-state index contributed by atoms with van der Waals surface area (Å²) in [4.78, 5) is 0. The summed E-state index contributed by atoms with van der Waals surface area (Å²) in [5.74, 6) is 2.54. The molecule has 0 radical (unpaired) electrons. The Morgan fingerprint density at radius 2 is 1.63 bits per heavy atom. The summed E-state index contributed by atoms with van der Waals surface area (Å²) in [6.45, 7) is 2.36. The van der Waals surface area contributed by atoms with Gasteiger partial charge in [-0.25, -0.2) is 0 Å². The maximum absolute atomic E-state index is 5.31. The van der Waals surface area contributed by atoms with Gasteiger partial charge in [-0.05, 0) is 25.2 Å². The van der Waals surface area contributed by atoms with Gasteiger partial charge in [-0.15, -0.1) is 0 Å². The number of anilines is 1. The Bertz CT molecular complexity index is 383. The van der Waals surface area contributed by atoms with Crippen LogP contribution in [-0.2, 0) is 0 Å². The van der Waals surface area contributed by atoms with Gasteiger partial charge in [-0.1, -0.05) is 19.8 Å². The predicted octanol–water partition coefficient (Wildman–Crippen LogP) is 4.08. The molecule has 0 bridgehead atoms. The highest BCUT2D eigenvalue weighted by molar-refractivity contribution is 5.54. The van der Waals surface area contributed by atoms with Crippen molar-refractivity contribution in [3.8, 4) is 11.5 Å². The lowest BCUT2D eigenvalue weighted by Crippen LogP contribution is -2.18. The van der Waals surface area contributed by atoms with E-state index >= 15 is 0 Å². The Hall–Kier alpha value is -1.38. The highest BCUT2D eigenvalue weighted by atomic mass is 16.5. The number of hydrogen-bond donors (Lipinski definition) is 1. The van der Waals surface area contributed by atoms with Gasteiger partial charge in [0.2, 0.25) is 0 Å². The summed E-state index contributed by atoms with van der Waals surface area (Å²) in [5, 5.41) is 3.63. The third kappa shape index (κ3) is 4.05. The maximum atomic E-state index is 5.31. The van der Waals surface area contributed by atoms with Crippen LogP contribution in [0.3, 0.4) is 0 Å². The molecule has 0 heterocycles. The minimum atomic E-state index is 0.571. The minimum Gasteiger partial charge on any atom is -0.497 e. The van der Waals surface area contributed by atoms with E-state index in [0.29, 0.717) is 6.04 Å². The summed E-state index contributed by atoms with van der Waals surface area (Å²) in [6.07, 6.45) is 6.50. The molecule has 1 aliphatic rings. The standard InChI is InChI=1S/C16H25NO2/c1-12-5-4-6-13(8-7-12)17-14-9-15(18-2)11-16(10-14)19-3/h9-13,17H,4-8H2,1-3H3. The normalized spacial score (nSPS) is 23.5. The van der Waals surface area contributed by atoms with Gasteiger partial charge >= 0.3 is 0 Å². The molecule has 1 aromatic carbocycles. The van der Waals surface area contributed by atoms with Crippen molar-refractivity contribution >= 4 is 5.69 Å². The highest BCUT2D eigenvalue weighted by Crippen LogP contribution is 2.29. The van der Waals surface area contributed by atoms with Crippen LogP contribution in [0, 0.1) is 5.92 Å². The Morgan fingerprint density at radius 3 is 2.26 bits per heavy atom. The second-order valence-corrected chi connectivity index (χ2v) is 5.56. The van der Waals surface area contributed by atoms with Gasteiger partial charge in [-0.2, -0.15) is 0 Å². The average molecular weight is 263 g/mol. The zero-order chi connectivity index (χ0) is 13.7. The van der Waals surface area contributed by atoms with Crippen LogP contribution in [0.4, 0.5) is 5.69 Å². The van der Waals surface area contributed by atoms with Crippen molar-refractivity contribution < 1.29 is 9.47 Å². The Balaban J connectivity index is 2.05. The van der Waals surface area contributed by atoms with Crippen LogP contribution >= 0.6 is 0 Å². The lowest BCUT2D eigenvalue weighted by atomic mass is 10.0. The molecule has 1 N–H and O–H groups in total. The zero-order valence-electron chi connectivity index (χ0n) is 12.2. The quantitative estimate of drug-likeness (QED) is 0.830. The molecule has 2 rings (SSSR count). The first kappa shape index (κ1) is 14.0. The average Bonchev–Trinajstić information content (AvgIpc) is 2.63. The van der Waals surface area contributed by atoms with E-state index < -0.39 is 0 Å². The van der Waals surface area contributed by atoms with Crippen LogP contribution in [0.5, 0.6) is 11.5 Å². The molecule has 0 aliphatic heterocycles. The molecule has 3 heteroatoms. The lowest BCUT2D eigenvalue weighted by molar-refractivity contribution is 0.394. The summed E-state index contributed by atoms with van der Waals surface area (Å²) in [6, 6.07) is 6.55. The number of rotatable bonds is 4. The first-order valence-electron chi connectivity index (χ1n) is 7.21.